The first-order chi connectivity index (χ1) is 8.59. The molecule has 0 amide bonds. The second-order valence-electron chi connectivity index (χ2n) is 4.49. The van der Waals surface area contributed by atoms with Crippen LogP contribution in [-0.4, -0.2) is 5.97 Å². The largest absolute Gasteiger partial charge is 0.423 e. The number of carbonyl (C=O) groups is 1. The fourth-order valence-electron chi connectivity index (χ4n) is 1.66. The van der Waals surface area contributed by atoms with Gasteiger partial charge in [-0.25, -0.2) is 4.79 Å². The van der Waals surface area contributed by atoms with E-state index in [1.165, 1.54) is 0 Å². The summed E-state index contributed by atoms with van der Waals surface area (Å²) in [5, 5.41) is 0. The number of fused-ring (bicyclic) bond motifs is 1. The molecule has 2 aliphatic carbocycles. The Hall–Kier alpha value is -2.09. The Morgan fingerprint density at radius 3 is 2.39 bits per heavy atom. The van der Waals surface area contributed by atoms with Crippen LogP contribution in [0.1, 0.15) is 20.8 Å². The molecule has 2 heteroatoms. The van der Waals surface area contributed by atoms with Crippen molar-refractivity contribution in [3.8, 4) is 16.9 Å². The van der Waals surface area contributed by atoms with Gasteiger partial charge in [-0.3, -0.25) is 0 Å². The van der Waals surface area contributed by atoms with Crippen molar-refractivity contribution in [2.24, 2.45) is 0 Å². The molecule has 2 nitrogen and oxygen atoms in total. The number of rotatable bonds is 2. The monoisotopic (exact) mass is 240 g/mol. The van der Waals surface area contributed by atoms with Crippen molar-refractivity contribution < 1.29 is 9.53 Å². The van der Waals surface area contributed by atoms with E-state index in [1.54, 1.807) is 6.92 Å². The maximum atomic E-state index is 11.9. The Bertz CT molecular complexity index is 578. The van der Waals surface area contributed by atoms with Crippen molar-refractivity contribution in [3.05, 3.63) is 53.6 Å². The summed E-state index contributed by atoms with van der Waals surface area (Å²) in [4.78, 5) is 11.9. The van der Waals surface area contributed by atoms with Gasteiger partial charge in [0.15, 0.2) is 0 Å². The molecular formula is C16H16O2. The van der Waals surface area contributed by atoms with Crippen LogP contribution in [0.3, 0.4) is 0 Å². The average molecular weight is 240 g/mol. The summed E-state index contributed by atoms with van der Waals surface area (Å²) in [6.07, 6.45) is 0. The second kappa shape index (κ2) is 5.05. The van der Waals surface area contributed by atoms with Crippen LogP contribution in [0, 0.1) is 0 Å². The molecule has 0 radical (unpaired) electrons. The molecule has 0 fully saturated rings. The maximum Gasteiger partial charge on any atom is 0.339 e. The van der Waals surface area contributed by atoms with Gasteiger partial charge in [-0.2, -0.15) is 0 Å². The van der Waals surface area contributed by atoms with Gasteiger partial charge in [0.25, 0.3) is 0 Å². The Morgan fingerprint density at radius 2 is 1.67 bits per heavy atom. The quantitative estimate of drug-likeness (QED) is 0.584. The molecule has 0 bridgehead atoms. The number of allylic oxidation sites excluding steroid dienone is 1. The highest BCUT2D eigenvalue weighted by molar-refractivity contribution is 5.91. The predicted molar refractivity (Wildman–Crippen MR) is 72.7 cm³/mol. The zero-order valence-corrected chi connectivity index (χ0v) is 10.9. The molecule has 92 valence electrons. The fourth-order valence-corrected chi connectivity index (χ4v) is 1.66. The molecule has 0 N–H and O–H groups in total. The molecule has 0 aliphatic heterocycles. The zero-order valence-electron chi connectivity index (χ0n) is 10.9. The van der Waals surface area contributed by atoms with Crippen molar-refractivity contribution in [2.45, 2.75) is 20.8 Å². The van der Waals surface area contributed by atoms with Crippen LogP contribution in [0.2, 0.25) is 0 Å². The van der Waals surface area contributed by atoms with E-state index < -0.39 is 0 Å². The van der Waals surface area contributed by atoms with Gasteiger partial charge >= 0.3 is 5.97 Å². The minimum absolute atomic E-state index is 0.283. The van der Waals surface area contributed by atoms with Crippen LogP contribution in [0.15, 0.2) is 53.6 Å². The van der Waals surface area contributed by atoms with E-state index in [-0.39, 0.29) is 5.97 Å². The van der Waals surface area contributed by atoms with E-state index in [1.807, 2.05) is 56.3 Å². The van der Waals surface area contributed by atoms with Gasteiger partial charge in [-0.15, -0.1) is 0 Å². The average Bonchev–Trinajstić information content (AvgIpc) is 2.58. The van der Waals surface area contributed by atoms with E-state index in [4.69, 9.17) is 4.74 Å². The summed E-state index contributed by atoms with van der Waals surface area (Å²) in [6, 6.07) is 13.6. The highest BCUT2D eigenvalue weighted by Gasteiger charge is 2.14. The number of hydrogen-bond donors (Lipinski definition) is 0. The van der Waals surface area contributed by atoms with Crippen molar-refractivity contribution in [1.82, 2.24) is 0 Å². The van der Waals surface area contributed by atoms with Gasteiger partial charge in [-0.1, -0.05) is 42.0 Å². The third-order valence-electron chi connectivity index (χ3n) is 3.01. The van der Waals surface area contributed by atoms with E-state index in [9.17, 15) is 4.79 Å². The highest BCUT2D eigenvalue weighted by Crippen LogP contribution is 2.33. The third kappa shape index (κ3) is 2.43. The summed E-state index contributed by atoms with van der Waals surface area (Å²) in [5.74, 6) is 0.334. The molecular weight excluding hydrogens is 224 g/mol. The standard InChI is InChI=1S/C16H16O2/c1-11(2)12(3)16(17)18-15-10-9-13-7-5-4-6-8-14(13)15/h4-10H,1-3H3. The molecule has 0 atom stereocenters. The topological polar surface area (TPSA) is 26.3 Å². The molecule has 2 rings (SSSR count). The molecule has 2 aliphatic rings. The first-order valence-electron chi connectivity index (χ1n) is 5.93. The second-order valence-corrected chi connectivity index (χ2v) is 4.49. The van der Waals surface area contributed by atoms with Crippen LogP contribution < -0.4 is 4.74 Å². The Labute approximate surface area is 107 Å². The van der Waals surface area contributed by atoms with Crippen molar-refractivity contribution >= 4 is 5.97 Å². The SMILES string of the molecule is CC(C)=C(C)C(=O)Oc1ccc2cccccc1-2. The lowest BCUT2D eigenvalue weighted by Gasteiger charge is -2.06. The molecule has 18 heavy (non-hydrogen) atoms. The lowest BCUT2D eigenvalue weighted by Crippen LogP contribution is -2.10. The van der Waals surface area contributed by atoms with Gasteiger partial charge in [-0.05, 0) is 32.4 Å². The van der Waals surface area contributed by atoms with Crippen LogP contribution >= 0.6 is 0 Å². The summed E-state index contributed by atoms with van der Waals surface area (Å²) in [7, 11) is 0. The van der Waals surface area contributed by atoms with Crippen molar-refractivity contribution in [2.75, 3.05) is 0 Å². The van der Waals surface area contributed by atoms with Crippen LogP contribution in [0.5, 0.6) is 5.75 Å². The predicted octanol–water partition coefficient (Wildman–Crippen LogP) is 4.05. The van der Waals surface area contributed by atoms with E-state index >= 15 is 0 Å². The number of hydrogen-bond acceptors (Lipinski definition) is 2. The lowest BCUT2D eigenvalue weighted by molar-refractivity contribution is -0.130. The minimum Gasteiger partial charge on any atom is -0.423 e. The van der Waals surface area contributed by atoms with Gasteiger partial charge in [0.05, 0.1) is 0 Å². The first kappa shape index (κ1) is 12.4. The smallest absolute Gasteiger partial charge is 0.339 e. The molecule has 0 unspecified atom stereocenters. The number of ether oxygens (including phenoxy) is 1. The van der Waals surface area contributed by atoms with Crippen molar-refractivity contribution in [3.63, 3.8) is 0 Å². The summed E-state index contributed by atoms with van der Waals surface area (Å²) in [6.45, 7) is 5.59. The summed E-state index contributed by atoms with van der Waals surface area (Å²) < 4.78 is 5.44. The van der Waals surface area contributed by atoms with Crippen LogP contribution in [-0.2, 0) is 4.79 Å². The molecule has 0 aromatic carbocycles. The highest BCUT2D eigenvalue weighted by atomic mass is 16.5. The van der Waals surface area contributed by atoms with Gasteiger partial charge in [0.1, 0.15) is 5.75 Å². The first-order valence-corrected chi connectivity index (χ1v) is 5.93. The molecule has 0 heterocycles. The maximum absolute atomic E-state index is 11.9. The van der Waals surface area contributed by atoms with Gasteiger partial charge in [0, 0.05) is 11.1 Å². The van der Waals surface area contributed by atoms with Crippen LogP contribution in [0.25, 0.3) is 11.1 Å². The van der Waals surface area contributed by atoms with Gasteiger partial charge in [0.2, 0.25) is 0 Å². The summed E-state index contributed by atoms with van der Waals surface area (Å²) in [5.41, 5.74) is 3.65. The summed E-state index contributed by atoms with van der Waals surface area (Å²) >= 11 is 0. The minimum atomic E-state index is -0.283. The lowest BCUT2D eigenvalue weighted by atomic mass is 10.2. The number of esters is 1. The van der Waals surface area contributed by atoms with E-state index in [0.29, 0.717) is 11.3 Å². The molecule has 0 aromatic heterocycles. The fraction of sp³-hybridized carbons (Fsp3) is 0.188. The zero-order chi connectivity index (χ0) is 13.1. The van der Waals surface area contributed by atoms with E-state index in [2.05, 4.69) is 0 Å². The number of carbonyl (C=O) groups excluding carboxylic acids is 1. The normalized spacial score (nSPS) is 10.2. The molecule has 0 aromatic rings. The van der Waals surface area contributed by atoms with Gasteiger partial charge < -0.3 is 4.74 Å². The molecule has 0 spiro atoms. The third-order valence-corrected chi connectivity index (χ3v) is 3.01. The molecule has 0 saturated carbocycles. The van der Waals surface area contributed by atoms with Crippen molar-refractivity contribution in [1.29, 1.82) is 0 Å². The Balaban J connectivity index is 2.31. The molecule has 0 saturated heterocycles. The van der Waals surface area contributed by atoms with Crippen LogP contribution in [0.4, 0.5) is 0 Å². The Kier molecular flexibility index (Phi) is 3.47. The Morgan fingerprint density at radius 1 is 0.944 bits per heavy atom. The van der Waals surface area contributed by atoms with E-state index in [0.717, 1.165) is 16.7 Å².